The Kier molecular flexibility index (Phi) is 5.02. The molecule has 5 atom stereocenters. The summed E-state index contributed by atoms with van der Waals surface area (Å²) in [5.74, 6) is -3.09. The van der Waals surface area contributed by atoms with Gasteiger partial charge in [0.25, 0.3) is 0 Å². The molecule has 0 aliphatic carbocycles. The monoisotopic (exact) mass is 265 g/mol. The van der Waals surface area contributed by atoms with E-state index in [4.69, 9.17) is 15.6 Å². The van der Waals surface area contributed by atoms with Gasteiger partial charge in [-0.3, -0.25) is 4.79 Å². The fourth-order valence-corrected chi connectivity index (χ4v) is 1.86. The van der Waals surface area contributed by atoms with Crippen molar-refractivity contribution in [3.8, 4) is 0 Å². The number of ether oxygens (including phenoxy) is 1. The fourth-order valence-electron chi connectivity index (χ4n) is 1.86. The molecule has 106 valence electrons. The van der Waals surface area contributed by atoms with Crippen LogP contribution >= 0.6 is 0 Å². The number of rotatable bonds is 5. The average molecular weight is 265 g/mol. The highest BCUT2D eigenvalue weighted by Gasteiger charge is 2.48. The van der Waals surface area contributed by atoms with Gasteiger partial charge in [0.15, 0.2) is 5.79 Å². The minimum absolute atomic E-state index is 0.104. The van der Waals surface area contributed by atoms with Crippen LogP contribution in [0.3, 0.4) is 0 Å². The van der Waals surface area contributed by atoms with Crippen molar-refractivity contribution < 1.29 is 35.1 Å². The van der Waals surface area contributed by atoms with Crippen molar-refractivity contribution in [2.45, 2.75) is 49.4 Å². The number of aliphatic carboxylic acids is 1. The summed E-state index contributed by atoms with van der Waals surface area (Å²) in [4.78, 5) is 10.4. The summed E-state index contributed by atoms with van der Waals surface area (Å²) in [5, 5.41) is 46.8. The first-order valence-corrected chi connectivity index (χ1v) is 5.64. The molecular formula is C10H19NO7. The zero-order valence-electron chi connectivity index (χ0n) is 9.77. The van der Waals surface area contributed by atoms with Crippen LogP contribution in [0.2, 0.25) is 0 Å². The Morgan fingerprint density at radius 3 is 2.61 bits per heavy atom. The van der Waals surface area contributed by atoms with Gasteiger partial charge >= 0.3 is 5.97 Å². The molecule has 0 aromatic heterocycles. The molecule has 8 heteroatoms. The molecule has 0 aromatic rings. The summed E-state index contributed by atoms with van der Waals surface area (Å²) < 4.78 is 4.91. The Labute approximate surface area is 104 Å². The minimum Gasteiger partial charge on any atom is -0.481 e. The predicted molar refractivity (Wildman–Crippen MR) is 58.4 cm³/mol. The molecule has 8 nitrogen and oxygen atoms in total. The predicted octanol–water partition coefficient (Wildman–Crippen LogP) is -2.63. The quantitative estimate of drug-likeness (QED) is 0.315. The van der Waals surface area contributed by atoms with E-state index < -0.39 is 36.1 Å². The van der Waals surface area contributed by atoms with Crippen LogP contribution in [0.5, 0.6) is 0 Å². The number of hydrogen-bond donors (Lipinski definition) is 6. The summed E-state index contributed by atoms with van der Waals surface area (Å²) in [7, 11) is 0. The second-order valence-electron chi connectivity index (χ2n) is 4.56. The number of carboxylic acid groups (broad SMARTS) is 1. The molecule has 1 aliphatic heterocycles. The molecule has 1 heterocycles. The van der Waals surface area contributed by atoms with E-state index in [9.17, 15) is 25.2 Å². The average Bonchev–Trinajstić information content (AvgIpc) is 2.29. The van der Waals surface area contributed by atoms with Crippen LogP contribution in [0.25, 0.3) is 0 Å². The van der Waals surface area contributed by atoms with E-state index in [1.54, 1.807) is 0 Å². The summed E-state index contributed by atoms with van der Waals surface area (Å²) >= 11 is 0. The number of aliphatic hydroxyl groups excluding tert-OH is 3. The lowest BCUT2D eigenvalue weighted by Crippen LogP contribution is -2.62. The third-order valence-electron chi connectivity index (χ3n) is 2.97. The third-order valence-corrected chi connectivity index (χ3v) is 2.97. The SMILES string of the molecule is NC(CCC(=O)O)CC1(O)OC[C@@H](O)[C@H](O)[C@H]1O. The molecule has 0 amide bonds. The lowest BCUT2D eigenvalue weighted by atomic mass is 9.91. The number of hydrogen-bond acceptors (Lipinski definition) is 7. The summed E-state index contributed by atoms with van der Waals surface area (Å²) in [6.45, 7) is -0.333. The van der Waals surface area contributed by atoms with Gasteiger partial charge in [0.05, 0.1) is 6.61 Å². The molecule has 1 saturated heterocycles. The first kappa shape index (κ1) is 15.3. The van der Waals surface area contributed by atoms with Gasteiger partial charge in [-0.1, -0.05) is 0 Å². The van der Waals surface area contributed by atoms with E-state index >= 15 is 0 Å². The first-order chi connectivity index (χ1) is 8.26. The normalized spacial score (nSPS) is 38.4. The van der Waals surface area contributed by atoms with Gasteiger partial charge in [0, 0.05) is 18.9 Å². The molecule has 1 aliphatic rings. The maximum Gasteiger partial charge on any atom is 0.303 e. The maximum absolute atomic E-state index is 10.4. The van der Waals surface area contributed by atoms with Crippen LogP contribution in [0.15, 0.2) is 0 Å². The Balaban J connectivity index is 2.55. The number of aliphatic hydroxyl groups is 4. The topological polar surface area (TPSA) is 153 Å². The molecule has 7 N–H and O–H groups in total. The van der Waals surface area contributed by atoms with Crippen molar-refractivity contribution in [3.05, 3.63) is 0 Å². The largest absolute Gasteiger partial charge is 0.481 e. The Hall–Kier alpha value is -0.770. The third kappa shape index (κ3) is 3.61. The van der Waals surface area contributed by atoms with E-state index in [0.717, 1.165) is 0 Å². The highest BCUT2D eigenvalue weighted by atomic mass is 16.6. The van der Waals surface area contributed by atoms with Crippen molar-refractivity contribution in [3.63, 3.8) is 0 Å². The standard InChI is InChI=1S/C10H19NO7/c11-5(1-2-7(13)14)3-10(17)9(16)8(15)6(12)4-18-10/h5-6,8-9,12,15-17H,1-4,11H2,(H,13,14)/t5?,6-,8+,9-,10?/m1/s1. The van der Waals surface area contributed by atoms with Crippen LogP contribution in [0, 0.1) is 0 Å². The molecule has 18 heavy (non-hydrogen) atoms. The number of carboxylic acids is 1. The second kappa shape index (κ2) is 5.91. The van der Waals surface area contributed by atoms with Gasteiger partial charge in [-0.2, -0.15) is 0 Å². The maximum atomic E-state index is 10.4. The highest BCUT2D eigenvalue weighted by Crippen LogP contribution is 2.28. The summed E-state index contributed by atoms with van der Waals surface area (Å²) in [6.07, 6.45) is -4.81. The van der Waals surface area contributed by atoms with Crippen LogP contribution in [-0.4, -0.2) is 68.2 Å². The fraction of sp³-hybridized carbons (Fsp3) is 0.900. The zero-order valence-corrected chi connectivity index (χ0v) is 9.77. The van der Waals surface area contributed by atoms with Gasteiger partial charge in [0.1, 0.15) is 18.3 Å². The molecule has 0 spiro atoms. The van der Waals surface area contributed by atoms with E-state index in [1.165, 1.54) is 0 Å². The highest BCUT2D eigenvalue weighted by molar-refractivity contribution is 5.66. The van der Waals surface area contributed by atoms with E-state index in [1.807, 2.05) is 0 Å². The van der Waals surface area contributed by atoms with Crippen molar-refractivity contribution in [1.82, 2.24) is 0 Å². The van der Waals surface area contributed by atoms with Crippen LogP contribution in [-0.2, 0) is 9.53 Å². The van der Waals surface area contributed by atoms with Crippen LogP contribution < -0.4 is 5.73 Å². The molecule has 0 radical (unpaired) electrons. The molecule has 1 rings (SSSR count). The second-order valence-corrected chi connectivity index (χ2v) is 4.56. The van der Waals surface area contributed by atoms with Crippen molar-refractivity contribution >= 4 is 5.97 Å². The molecule has 1 fully saturated rings. The van der Waals surface area contributed by atoms with E-state index in [-0.39, 0.29) is 25.9 Å². The Morgan fingerprint density at radius 2 is 2.06 bits per heavy atom. The van der Waals surface area contributed by atoms with Crippen LogP contribution in [0.1, 0.15) is 19.3 Å². The van der Waals surface area contributed by atoms with E-state index in [0.29, 0.717) is 0 Å². The van der Waals surface area contributed by atoms with Crippen molar-refractivity contribution in [2.75, 3.05) is 6.61 Å². The number of nitrogens with two attached hydrogens (primary N) is 1. The molecule has 0 saturated carbocycles. The zero-order chi connectivity index (χ0) is 13.9. The van der Waals surface area contributed by atoms with Gasteiger partial charge in [-0.15, -0.1) is 0 Å². The Morgan fingerprint density at radius 1 is 1.44 bits per heavy atom. The smallest absolute Gasteiger partial charge is 0.303 e. The van der Waals surface area contributed by atoms with Gasteiger partial charge < -0.3 is 36.0 Å². The van der Waals surface area contributed by atoms with Gasteiger partial charge in [-0.25, -0.2) is 0 Å². The van der Waals surface area contributed by atoms with Crippen molar-refractivity contribution in [2.24, 2.45) is 5.73 Å². The molecule has 0 aromatic carbocycles. The molecule has 0 bridgehead atoms. The van der Waals surface area contributed by atoms with Gasteiger partial charge in [0.2, 0.25) is 0 Å². The molecular weight excluding hydrogens is 246 g/mol. The summed E-state index contributed by atoms with van der Waals surface area (Å²) in [5.41, 5.74) is 5.62. The first-order valence-electron chi connectivity index (χ1n) is 5.64. The lowest BCUT2D eigenvalue weighted by Gasteiger charge is -2.42. The minimum atomic E-state index is -2.07. The summed E-state index contributed by atoms with van der Waals surface area (Å²) in [6, 6.07) is -0.705. The Bertz CT molecular complexity index is 300. The lowest BCUT2D eigenvalue weighted by molar-refractivity contribution is -0.324. The number of carbonyl (C=O) groups is 1. The van der Waals surface area contributed by atoms with Crippen molar-refractivity contribution in [1.29, 1.82) is 0 Å². The molecule has 2 unspecified atom stereocenters. The van der Waals surface area contributed by atoms with E-state index in [2.05, 4.69) is 0 Å². The van der Waals surface area contributed by atoms with Gasteiger partial charge in [-0.05, 0) is 6.42 Å². The van der Waals surface area contributed by atoms with Crippen LogP contribution in [0.4, 0.5) is 0 Å².